The van der Waals surface area contributed by atoms with E-state index in [4.69, 9.17) is 9.84 Å². The first-order valence-electron chi connectivity index (χ1n) is 4.79. The van der Waals surface area contributed by atoms with Crippen molar-refractivity contribution in [1.29, 1.82) is 0 Å². The summed E-state index contributed by atoms with van der Waals surface area (Å²) in [4.78, 5) is 18.5. The number of rotatable bonds is 5. The molecule has 1 atom stereocenters. The predicted octanol–water partition coefficient (Wildman–Crippen LogP) is 1.14. The standard InChI is InChI=1S/C10H14N2O3/c1-3-15-9-8(5-11-6-12-9)4-7(2)10(13)14/h5-7H,3-4H2,1-2H3,(H,13,14). The summed E-state index contributed by atoms with van der Waals surface area (Å²) in [7, 11) is 0. The topological polar surface area (TPSA) is 72.3 Å². The van der Waals surface area contributed by atoms with E-state index in [2.05, 4.69) is 9.97 Å². The van der Waals surface area contributed by atoms with Crippen LogP contribution in [0.25, 0.3) is 0 Å². The number of carboxylic acid groups (broad SMARTS) is 1. The van der Waals surface area contributed by atoms with Crippen LogP contribution in [0.15, 0.2) is 12.5 Å². The molecule has 0 bridgehead atoms. The number of aromatic nitrogens is 2. The molecular weight excluding hydrogens is 196 g/mol. The fourth-order valence-electron chi connectivity index (χ4n) is 1.17. The molecule has 5 nitrogen and oxygen atoms in total. The van der Waals surface area contributed by atoms with Crippen LogP contribution in [0.1, 0.15) is 19.4 Å². The Bertz CT molecular complexity index is 341. The molecule has 1 rings (SSSR count). The minimum absolute atomic E-state index is 0.380. The van der Waals surface area contributed by atoms with Crippen molar-refractivity contribution in [3.05, 3.63) is 18.1 Å². The molecule has 0 amide bonds. The molecule has 0 aliphatic carbocycles. The Kier molecular flexibility index (Phi) is 4.03. The van der Waals surface area contributed by atoms with Crippen LogP contribution in [0.5, 0.6) is 5.88 Å². The summed E-state index contributed by atoms with van der Waals surface area (Å²) in [5, 5.41) is 8.78. The van der Waals surface area contributed by atoms with Gasteiger partial charge in [0, 0.05) is 11.8 Å². The number of aliphatic carboxylic acids is 1. The second kappa shape index (κ2) is 5.29. The molecular formula is C10H14N2O3. The van der Waals surface area contributed by atoms with Gasteiger partial charge in [0.1, 0.15) is 6.33 Å². The lowest BCUT2D eigenvalue weighted by molar-refractivity contribution is -0.141. The molecule has 1 aromatic rings. The van der Waals surface area contributed by atoms with Crippen LogP contribution in [0, 0.1) is 5.92 Å². The van der Waals surface area contributed by atoms with Crippen molar-refractivity contribution in [2.24, 2.45) is 5.92 Å². The summed E-state index contributed by atoms with van der Waals surface area (Å²) >= 11 is 0. The van der Waals surface area contributed by atoms with Crippen molar-refractivity contribution in [2.75, 3.05) is 6.61 Å². The maximum Gasteiger partial charge on any atom is 0.306 e. The number of hydrogen-bond donors (Lipinski definition) is 1. The molecule has 1 heterocycles. The molecule has 82 valence electrons. The summed E-state index contributed by atoms with van der Waals surface area (Å²) in [6.07, 6.45) is 3.36. The van der Waals surface area contributed by atoms with E-state index in [1.807, 2.05) is 6.92 Å². The molecule has 0 radical (unpaired) electrons. The second-order valence-electron chi connectivity index (χ2n) is 3.23. The number of hydrogen-bond acceptors (Lipinski definition) is 4. The molecule has 1 N–H and O–H groups in total. The number of ether oxygens (including phenoxy) is 1. The molecule has 0 fully saturated rings. The highest BCUT2D eigenvalue weighted by molar-refractivity contribution is 5.70. The third kappa shape index (κ3) is 3.19. The second-order valence-corrected chi connectivity index (χ2v) is 3.23. The van der Waals surface area contributed by atoms with Gasteiger partial charge in [-0.3, -0.25) is 4.79 Å². The maximum absolute atomic E-state index is 10.7. The van der Waals surface area contributed by atoms with E-state index in [-0.39, 0.29) is 0 Å². The highest BCUT2D eigenvalue weighted by Gasteiger charge is 2.15. The molecule has 15 heavy (non-hydrogen) atoms. The van der Waals surface area contributed by atoms with E-state index in [9.17, 15) is 4.79 Å². The van der Waals surface area contributed by atoms with Crippen LogP contribution >= 0.6 is 0 Å². The summed E-state index contributed by atoms with van der Waals surface area (Å²) in [6.45, 7) is 4.00. The van der Waals surface area contributed by atoms with E-state index in [0.717, 1.165) is 5.56 Å². The smallest absolute Gasteiger partial charge is 0.306 e. The number of nitrogens with zero attached hydrogens (tertiary/aromatic N) is 2. The summed E-state index contributed by atoms with van der Waals surface area (Å²) < 4.78 is 5.27. The van der Waals surface area contributed by atoms with Crippen LogP contribution in [0.4, 0.5) is 0 Å². The number of carbonyl (C=O) groups is 1. The lowest BCUT2D eigenvalue weighted by Gasteiger charge is -2.09. The Morgan fingerprint density at radius 1 is 1.67 bits per heavy atom. The Labute approximate surface area is 88.1 Å². The van der Waals surface area contributed by atoms with Crippen molar-refractivity contribution in [2.45, 2.75) is 20.3 Å². The van der Waals surface area contributed by atoms with Crippen LogP contribution < -0.4 is 4.74 Å². The molecule has 0 aromatic carbocycles. The van der Waals surface area contributed by atoms with Gasteiger partial charge in [0.2, 0.25) is 5.88 Å². The molecule has 0 spiro atoms. The van der Waals surface area contributed by atoms with Crippen LogP contribution in [0.3, 0.4) is 0 Å². The van der Waals surface area contributed by atoms with Crippen molar-refractivity contribution in [1.82, 2.24) is 9.97 Å². The van der Waals surface area contributed by atoms with E-state index in [1.165, 1.54) is 6.33 Å². The lowest BCUT2D eigenvalue weighted by atomic mass is 10.0. The average Bonchev–Trinajstić information content (AvgIpc) is 2.21. The Morgan fingerprint density at radius 3 is 3.00 bits per heavy atom. The van der Waals surface area contributed by atoms with Crippen molar-refractivity contribution >= 4 is 5.97 Å². The first-order valence-corrected chi connectivity index (χ1v) is 4.79. The Morgan fingerprint density at radius 2 is 2.40 bits per heavy atom. The fourth-order valence-corrected chi connectivity index (χ4v) is 1.17. The molecule has 1 unspecified atom stereocenters. The zero-order chi connectivity index (χ0) is 11.3. The SMILES string of the molecule is CCOc1ncncc1CC(C)C(=O)O. The first-order chi connectivity index (χ1) is 7.15. The summed E-state index contributed by atoms with van der Waals surface area (Å²) in [5.74, 6) is -0.822. The van der Waals surface area contributed by atoms with Crippen LogP contribution in [-0.4, -0.2) is 27.7 Å². The van der Waals surface area contributed by atoms with Gasteiger partial charge in [-0.25, -0.2) is 9.97 Å². The van der Waals surface area contributed by atoms with Gasteiger partial charge in [-0.05, 0) is 13.3 Å². The highest BCUT2D eigenvalue weighted by Crippen LogP contribution is 2.17. The van der Waals surface area contributed by atoms with E-state index in [0.29, 0.717) is 18.9 Å². The van der Waals surface area contributed by atoms with E-state index < -0.39 is 11.9 Å². The highest BCUT2D eigenvalue weighted by atomic mass is 16.5. The van der Waals surface area contributed by atoms with Crippen LogP contribution in [0.2, 0.25) is 0 Å². The fraction of sp³-hybridized carbons (Fsp3) is 0.500. The van der Waals surface area contributed by atoms with Gasteiger partial charge in [0.15, 0.2) is 0 Å². The average molecular weight is 210 g/mol. The molecule has 1 aromatic heterocycles. The maximum atomic E-state index is 10.7. The third-order valence-electron chi connectivity index (χ3n) is 1.98. The van der Waals surface area contributed by atoms with Gasteiger partial charge < -0.3 is 9.84 Å². The Hall–Kier alpha value is -1.65. The lowest BCUT2D eigenvalue weighted by Crippen LogP contribution is -2.13. The van der Waals surface area contributed by atoms with E-state index in [1.54, 1.807) is 13.1 Å². The van der Waals surface area contributed by atoms with Gasteiger partial charge in [-0.1, -0.05) is 6.92 Å². The van der Waals surface area contributed by atoms with Gasteiger partial charge >= 0.3 is 5.97 Å². The quantitative estimate of drug-likeness (QED) is 0.788. The van der Waals surface area contributed by atoms with Crippen molar-refractivity contribution in [3.63, 3.8) is 0 Å². The largest absolute Gasteiger partial charge is 0.481 e. The number of carboxylic acids is 1. The third-order valence-corrected chi connectivity index (χ3v) is 1.98. The van der Waals surface area contributed by atoms with Gasteiger partial charge in [0.25, 0.3) is 0 Å². The van der Waals surface area contributed by atoms with Crippen molar-refractivity contribution < 1.29 is 14.6 Å². The molecule has 0 saturated carbocycles. The molecule has 0 aliphatic heterocycles. The van der Waals surface area contributed by atoms with Crippen molar-refractivity contribution in [3.8, 4) is 5.88 Å². The molecule has 0 aliphatic rings. The normalized spacial score (nSPS) is 12.1. The van der Waals surface area contributed by atoms with Crippen LogP contribution in [-0.2, 0) is 11.2 Å². The zero-order valence-corrected chi connectivity index (χ0v) is 8.80. The summed E-state index contributed by atoms with van der Waals surface area (Å²) in [6, 6.07) is 0. The van der Waals surface area contributed by atoms with E-state index >= 15 is 0 Å². The predicted molar refractivity (Wildman–Crippen MR) is 53.7 cm³/mol. The minimum Gasteiger partial charge on any atom is -0.481 e. The van der Waals surface area contributed by atoms with Gasteiger partial charge in [-0.15, -0.1) is 0 Å². The van der Waals surface area contributed by atoms with Gasteiger partial charge in [-0.2, -0.15) is 0 Å². The Balaban J connectivity index is 2.79. The monoisotopic (exact) mass is 210 g/mol. The minimum atomic E-state index is -0.832. The zero-order valence-electron chi connectivity index (χ0n) is 8.80. The molecule has 5 heteroatoms. The first kappa shape index (κ1) is 11.4. The summed E-state index contributed by atoms with van der Waals surface area (Å²) in [5.41, 5.74) is 0.731. The van der Waals surface area contributed by atoms with Gasteiger partial charge in [0.05, 0.1) is 12.5 Å². The molecule has 0 saturated heterocycles.